The lowest BCUT2D eigenvalue weighted by atomic mass is 10.1. The Kier molecular flexibility index (Phi) is 5.79. The maximum absolute atomic E-state index is 9.44. The SMILES string of the molecule is CCCNc1cc(NC2CCCC2CO)nc(C(C)C)n1. The molecule has 0 aliphatic heterocycles. The van der Waals surface area contributed by atoms with E-state index in [4.69, 9.17) is 0 Å². The van der Waals surface area contributed by atoms with Crippen LogP contribution in [0.2, 0.25) is 0 Å². The number of aliphatic hydroxyl groups is 1. The van der Waals surface area contributed by atoms with Crippen molar-refractivity contribution in [3.63, 3.8) is 0 Å². The molecule has 1 saturated carbocycles. The zero-order chi connectivity index (χ0) is 15.2. The Morgan fingerprint density at radius 3 is 2.71 bits per heavy atom. The molecule has 5 nitrogen and oxygen atoms in total. The molecule has 1 aliphatic carbocycles. The largest absolute Gasteiger partial charge is 0.396 e. The van der Waals surface area contributed by atoms with E-state index in [9.17, 15) is 5.11 Å². The molecule has 118 valence electrons. The number of aliphatic hydroxyl groups excluding tert-OH is 1. The molecule has 1 aliphatic rings. The van der Waals surface area contributed by atoms with E-state index in [-0.39, 0.29) is 6.61 Å². The van der Waals surface area contributed by atoms with E-state index in [1.54, 1.807) is 0 Å². The summed E-state index contributed by atoms with van der Waals surface area (Å²) in [6.07, 6.45) is 4.44. The van der Waals surface area contributed by atoms with E-state index in [1.165, 1.54) is 6.42 Å². The standard InChI is InChI=1S/C16H28N4O/c1-4-8-17-14-9-15(20-16(19-14)11(2)3)18-13-7-5-6-12(13)10-21/h9,11-13,21H,4-8,10H2,1-3H3,(H2,17,18,19,20). The number of rotatable bonds is 7. The number of anilines is 2. The molecule has 1 aromatic rings. The molecule has 0 amide bonds. The fourth-order valence-corrected chi connectivity index (χ4v) is 2.78. The predicted molar refractivity (Wildman–Crippen MR) is 86.7 cm³/mol. The quantitative estimate of drug-likeness (QED) is 0.720. The van der Waals surface area contributed by atoms with Crippen LogP contribution in [-0.2, 0) is 0 Å². The second kappa shape index (κ2) is 7.59. The first kappa shape index (κ1) is 16.0. The third kappa shape index (κ3) is 4.30. The van der Waals surface area contributed by atoms with Crippen LogP contribution in [0.3, 0.4) is 0 Å². The molecular weight excluding hydrogens is 264 g/mol. The average molecular weight is 292 g/mol. The van der Waals surface area contributed by atoms with Gasteiger partial charge in [-0.2, -0.15) is 0 Å². The summed E-state index contributed by atoms with van der Waals surface area (Å²) in [5.41, 5.74) is 0. The molecule has 2 unspecified atom stereocenters. The smallest absolute Gasteiger partial charge is 0.135 e. The van der Waals surface area contributed by atoms with Gasteiger partial charge in [-0.3, -0.25) is 0 Å². The average Bonchev–Trinajstić information content (AvgIpc) is 2.92. The van der Waals surface area contributed by atoms with Gasteiger partial charge in [0, 0.05) is 37.1 Å². The summed E-state index contributed by atoms with van der Waals surface area (Å²) in [6.45, 7) is 7.52. The van der Waals surface area contributed by atoms with Gasteiger partial charge >= 0.3 is 0 Å². The number of nitrogens with zero attached hydrogens (tertiary/aromatic N) is 2. The summed E-state index contributed by atoms with van der Waals surface area (Å²) in [5.74, 6) is 3.26. The van der Waals surface area contributed by atoms with Crippen molar-refractivity contribution in [3.8, 4) is 0 Å². The summed E-state index contributed by atoms with van der Waals surface area (Å²) >= 11 is 0. The van der Waals surface area contributed by atoms with Gasteiger partial charge in [-0.05, 0) is 19.3 Å². The Morgan fingerprint density at radius 1 is 1.29 bits per heavy atom. The molecule has 0 spiro atoms. The van der Waals surface area contributed by atoms with Crippen LogP contribution < -0.4 is 10.6 Å². The van der Waals surface area contributed by atoms with Crippen molar-refractivity contribution < 1.29 is 5.11 Å². The third-order valence-electron chi connectivity index (χ3n) is 4.04. The van der Waals surface area contributed by atoms with Crippen molar-refractivity contribution in [2.75, 3.05) is 23.8 Å². The lowest BCUT2D eigenvalue weighted by Crippen LogP contribution is -2.27. The summed E-state index contributed by atoms with van der Waals surface area (Å²) in [5, 5.41) is 16.3. The van der Waals surface area contributed by atoms with E-state index >= 15 is 0 Å². The van der Waals surface area contributed by atoms with E-state index in [2.05, 4.69) is 41.4 Å². The Bertz CT molecular complexity index is 450. The van der Waals surface area contributed by atoms with Crippen molar-refractivity contribution in [2.45, 2.75) is 58.4 Å². The highest BCUT2D eigenvalue weighted by Gasteiger charge is 2.27. The Balaban J connectivity index is 2.15. The van der Waals surface area contributed by atoms with Crippen molar-refractivity contribution in [1.82, 2.24) is 9.97 Å². The summed E-state index contributed by atoms with van der Waals surface area (Å²) in [4.78, 5) is 9.20. The van der Waals surface area contributed by atoms with Crippen LogP contribution in [0, 0.1) is 5.92 Å². The highest BCUT2D eigenvalue weighted by molar-refractivity contribution is 5.48. The van der Waals surface area contributed by atoms with Gasteiger partial charge in [0.2, 0.25) is 0 Å². The second-order valence-electron chi connectivity index (χ2n) is 6.20. The van der Waals surface area contributed by atoms with Crippen LogP contribution in [0.25, 0.3) is 0 Å². The van der Waals surface area contributed by atoms with Crippen molar-refractivity contribution in [1.29, 1.82) is 0 Å². The molecule has 5 heteroatoms. The minimum absolute atomic E-state index is 0.251. The monoisotopic (exact) mass is 292 g/mol. The summed E-state index contributed by atoms with van der Waals surface area (Å²) in [6, 6.07) is 2.30. The molecule has 0 aromatic carbocycles. The number of hydrogen-bond acceptors (Lipinski definition) is 5. The van der Waals surface area contributed by atoms with Crippen LogP contribution in [0.15, 0.2) is 6.07 Å². The van der Waals surface area contributed by atoms with Crippen LogP contribution in [0.5, 0.6) is 0 Å². The minimum atomic E-state index is 0.251. The molecule has 1 fully saturated rings. The molecule has 0 saturated heterocycles. The van der Waals surface area contributed by atoms with Crippen LogP contribution in [-0.4, -0.2) is 34.3 Å². The van der Waals surface area contributed by atoms with Gasteiger partial charge in [0.05, 0.1) is 0 Å². The first-order valence-corrected chi connectivity index (χ1v) is 8.14. The Morgan fingerprint density at radius 2 is 2.05 bits per heavy atom. The zero-order valence-corrected chi connectivity index (χ0v) is 13.4. The Labute approximate surface area is 127 Å². The van der Waals surface area contributed by atoms with E-state index in [0.29, 0.717) is 17.9 Å². The summed E-state index contributed by atoms with van der Waals surface area (Å²) < 4.78 is 0. The van der Waals surface area contributed by atoms with Crippen molar-refractivity contribution in [2.24, 2.45) is 5.92 Å². The van der Waals surface area contributed by atoms with E-state index < -0.39 is 0 Å². The maximum Gasteiger partial charge on any atom is 0.135 e. The molecule has 3 N–H and O–H groups in total. The molecule has 0 radical (unpaired) electrons. The molecule has 21 heavy (non-hydrogen) atoms. The molecule has 1 aromatic heterocycles. The van der Waals surface area contributed by atoms with Gasteiger partial charge in [0.25, 0.3) is 0 Å². The predicted octanol–water partition coefficient (Wildman–Crippen LogP) is 2.99. The first-order valence-electron chi connectivity index (χ1n) is 8.14. The summed E-state index contributed by atoms with van der Waals surface area (Å²) in [7, 11) is 0. The van der Waals surface area contributed by atoms with E-state index in [0.717, 1.165) is 43.3 Å². The van der Waals surface area contributed by atoms with Gasteiger partial charge < -0.3 is 15.7 Å². The molecule has 2 rings (SSSR count). The minimum Gasteiger partial charge on any atom is -0.396 e. The van der Waals surface area contributed by atoms with Crippen LogP contribution >= 0.6 is 0 Å². The van der Waals surface area contributed by atoms with Gasteiger partial charge in [-0.1, -0.05) is 27.2 Å². The fraction of sp³-hybridized carbons (Fsp3) is 0.750. The maximum atomic E-state index is 9.44. The highest BCUT2D eigenvalue weighted by atomic mass is 16.3. The molecule has 0 bridgehead atoms. The topological polar surface area (TPSA) is 70.1 Å². The molecule has 2 atom stereocenters. The van der Waals surface area contributed by atoms with Gasteiger partial charge in [0.15, 0.2) is 0 Å². The lowest BCUT2D eigenvalue weighted by Gasteiger charge is -2.21. The fourth-order valence-electron chi connectivity index (χ4n) is 2.78. The van der Waals surface area contributed by atoms with Gasteiger partial charge in [0.1, 0.15) is 17.5 Å². The third-order valence-corrected chi connectivity index (χ3v) is 4.04. The highest BCUT2D eigenvalue weighted by Crippen LogP contribution is 2.28. The molecule has 1 heterocycles. The van der Waals surface area contributed by atoms with Crippen LogP contribution in [0.1, 0.15) is 58.2 Å². The zero-order valence-electron chi connectivity index (χ0n) is 13.4. The number of nitrogens with one attached hydrogen (secondary N) is 2. The van der Waals surface area contributed by atoms with E-state index in [1.807, 2.05) is 6.07 Å². The Hall–Kier alpha value is -1.36. The number of hydrogen-bond donors (Lipinski definition) is 3. The van der Waals surface area contributed by atoms with Crippen molar-refractivity contribution in [3.05, 3.63) is 11.9 Å². The normalized spacial score (nSPS) is 21.8. The van der Waals surface area contributed by atoms with Gasteiger partial charge in [-0.15, -0.1) is 0 Å². The van der Waals surface area contributed by atoms with Crippen LogP contribution in [0.4, 0.5) is 11.6 Å². The van der Waals surface area contributed by atoms with Crippen molar-refractivity contribution >= 4 is 11.6 Å². The van der Waals surface area contributed by atoms with Gasteiger partial charge in [-0.25, -0.2) is 9.97 Å². The first-order chi connectivity index (χ1) is 10.1. The molecular formula is C16H28N4O. The number of aromatic nitrogens is 2. The second-order valence-corrected chi connectivity index (χ2v) is 6.20. The lowest BCUT2D eigenvalue weighted by molar-refractivity contribution is 0.222.